The Morgan fingerprint density at radius 1 is 1.05 bits per heavy atom. The van der Waals surface area contributed by atoms with Crippen molar-refractivity contribution in [3.63, 3.8) is 0 Å². The van der Waals surface area contributed by atoms with Gasteiger partial charge in [0.1, 0.15) is 0 Å². The maximum atomic E-state index is 10.0. The van der Waals surface area contributed by atoms with E-state index < -0.39 is 0 Å². The molecule has 116 valence electrons. The summed E-state index contributed by atoms with van der Waals surface area (Å²) >= 11 is 0. The van der Waals surface area contributed by atoms with Crippen molar-refractivity contribution in [3.8, 4) is 0 Å². The van der Waals surface area contributed by atoms with Crippen molar-refractivity contribution in [2.75, 3.05) is 13.2 Å². The van der Waals surface area contributed by atoms with Crippen molar-refractivity contribution in [2.24, 2.45) is 17.8 Å². The molecule has 0 heterocycles. The number of aliphatic hydroxyl groups is 1. The maximum absolute atomic E-state index is 10.0. The Bertz CT molecular complexity index is 310. The highest BCUT2D eigenvalue weighted by atomic mass is 35.5. The molecule has 2 N–H and O–H groups in total. The topological polar surface area (TPSA) is 41.5 Å². The highest BCUT2D eigenvalue weighted by Gasteiger charge is 2.51. The molecule has 5 saturated carbocycles. The van der Waals surface area contributed by atoms with Gasteiger partial charge in [-0.15, -0.1) is 12.4 Å². The van der Waals surface area contributed by atoms with Gasteiger partial charge < -0.3 is 15.2 Å². The Labute approximate surface area is 128 Å². The Hall–Kier alpha value is 0.170. The summed E-state index contributed by atoms with van der Waals surface area (Å²) in [7, 11) is 0. The Balaban J connectivity index is 0.00000121. The quantitative estimate of drug-likeness (QED) is 0.792. The number of hydrogen-bond donors (Lipinski definition) is 2. The lowest BCUT2D eigenvalue weighted by Gasteiger charge is -2.56. The van der Waals surface area contributed by atoms with Gasteiger partial charge in [0, 0.05) is 12.6 Å². The molecule has 1 unspecified atom stereocenters. The number of nitrogens with one attached hydrogen (secondary N) is 1. The van der Waals surface area contributed by atoms with Crippen molar-refractivity contribution < 1.29 is 9.84 Å². The van der Waals surface area contributed by atoms with Crippen LogP contribution < -0.4 is 5.32 Å². The molecule has 0 aromatic rings. The van der Waals surface area contributed by atoms with E-state index in [0.717, 1.165) is 17.8 Å². The molecule has 0 radical (unpaired) electrons. The van der Waals surface area contributed by atoms with Gasteiger partial charge in [0.2, 0.25) is 0 Å². The average molecular weight is 302 g/mol. The number of halogens is 1. The summed E-state index contributed by atoms with van der Waals surface area (Å²) in [5, 5.41) is 13.4. The molecular formula is C16H28ClNO2. The number of ether oxygens (including phenoxy) is 1. The molecule has 0 aliphatic heterocycles. The molecule has 20 heavy (non-hydrogen) atoms. The summed E-state index contributed by atoms with van der Waals surface area (Å²) in [5.41, 5.74) is 0.148. The molecule has 0 saturated heterocycles. The van der Waals surface area contributed by atoms with Crippen molar-refractivity contribution in [2.45, 2.75) is 69.1 Å². The second kappa shape index (κ2) is 5.75. The van der Waals surface area contributed by atoms with Crippen LogP contribution in [-0.4, -0.2) is 36.0 Å². The fraction of sp³-hybridized carbons (Fsp3) is 1.00. The Kier molecular flexibility index (Phi) is 4.34. The van der Waals surface area contributed by atoms with E-state index in [9.17, 15) is 5.11 Å². The normalized spacial score (nSPS) is 43.4. The summed E-state index contributed by atoms with van der Waals surface area (Å²) in [6.45, 7) is 1.24. The molecule has 4 bridgehead atoms. The van der Waals surface area contributed by atoms with Crippen LogP contribution in [0.2, 0.25) is 0 Å². The number of rotatable bonds is 6. The highest BCUT2D eigenvalue weighted by Crippen LogP contribution is 2.57. The highest BCUT2D eigenvalue weighted by molar-refractivity contribution is 5.85. The van der Waals surface area contributed by atoms with E-state index >= 15 is 0 Å². The first-order chi connectivity index (χ1) is 9.21. The molecule has 5 fully saturated rings. The summed E-state index contributed by atoms with van der Waals surface area (Å²) in [6.07, 6.45) is 10.4. The zero-order valence-electron chi connectivity index (χ0n) is 12.2. The van der Waals surface area contributed by atoms with Crippen LogP contribution in [-0.2, 0) is 4.74 Å². The van der Waals surface area contributed by atoms with Crippen LogP contribution in [0.25, 0.3) is 0 Å². The van der Waals surface area contributed by atoms with E-state index in [1.54, 1.807) is 0 Å². The molecule has 5 rings (SSSR count). The molecule has 5 aliphatic carbocycles. The van der Waals surface area contributed by atoms with E-state index in [1.807, 2.05) is 0 Å². The first-order valence-corrected chi connectivity index (χ1v) is 8.26. The van der Waals surface area contributed by atoms with E-state index in [2.05, 4.69) is 5.32 Å². The minimum Gasteiger partial charge on any atom is -0.389 e. The molecule has 0 amide bonds. The van der Waals surface area contributed by atoms with Crippen LogP contribution in [0.15, 0.2) is 0 Å². The molecule has 0 aromatic heterocycles. The maximum Gasteiger partial charge on any atom is 0.0898 e. The smallest absolute Gasteiger partial charge is 0.0898 e. The SMILES string of the molecule is Cl.OC(CNC1CC1)COC12CC3CC(CC(C3)C1)C2. The lowest BCUT2D eigenvalue weighted by molar-refractivity contribution is -0.174. The predicted molar refractivity (Wildman–Crippen MR) is 81.1 cm³/mol. The van der Waals surface area contributed by atoms with Crippen LogP contribution in [0, 0.1) is 17.8 Å². The molecule has 0 aromatic carbocycles. The van der Waals surface area contributed by atoms with Gasteiger partial charge in [-0.3, -0.25) is 0 Å². The zero-order chi connectivity index (χ0) is 12.9. The summed E-state index contributed by atoms with van der Waals surface area (Å²) in [6, 6.07) is 0.675. The average Bonchev–Trinajstić information content (AvgIpc) is 3.16. The molecular weight excluding hydrogens is 274 g/mol. The van der Waals surface area contributed by atoms with E-state index in [1.165, 1.54) is 51.4 Å². The van der Waals surface area contributed by atoms with Crippen molar-refractivity contribution in [1.29, 1.82) is 0 Å². The third-order valence-corrected chi connectivity index (χ3v) is 5.78. The van der Waals surface area contributed by atoms with Crippen molar-refractivity contribution >= 4 is 12.4 Å². The zero-order valence-corrected chi connectivity index (χ0v) is 13.0. The molecule has 3 nitrogen and oxygen atoms in total. The van der Waals surface area contributed by atoms with Gasteiger partial charge in [-0.1, -0.05) is 0 Å². The lowest BCUT2D eigenvalue weighted by Crippen LogP contribution is -2.53. The first kappa shape index (κ1) is 15.1. The number of hydrogen-bond acceptors (Lipinski definition) is 3. The van der Waals surface area contributed by atoms with Gasteiger partial charge >= 0.3 is 0 Å². The second-order valence-electron chi connectivity index (χ2n) is 7.75. The minimum atomic E-state index is -0.325. The minimum absolute atomic E-state index is 0. The number of aliphatic hydroxyl groups excluding tert-OH is 1. The third-order valence-electron chi connectivity index (χ3n) is 5.78. The van der Waals surface area contributed by atoms with Gasteiger partial charge in [-0.2, -0.15) is 0 Å². The van der Waals surface area contributed by atoms with Gasteiger partial charge in [0.15, 0.2) is 0 Å². The molecule has 1 atom stereocenters. The molecule has 0 spiro atoms. The van der Waals surface area contributed by atoms with Crippen LogP contribution >= 0.6 is 12.4 Å². The van der Waals surface area contributed by atoms with Gasteiger partial charge in [0.05, 0.1) is 18.3 Å². The summed E-state index contributed by atoms with van der Waals surface area (Å²) in [4.78, 5) is 0. The van der Waals surface area contributed by atoms with Gasteiger partial charge in [0.25, 0.3) is 0 Å². The molecule has 4 heteroatoms. The van der Waals surface area contributed by atoms with E-state index in [-0.39, 0.29) is 24.1 Å². The van der Waals surface area contributed by atoms with Gasteiger partial charge in [-0.05, 0) is 69.1 Å². The first-order valence-electron chi connectivity index (χ1n) is 8.26. The largest absolute Gasteiger partial charge is 0.389 e. The predicted octanol–water partition coefficient (Wildman–Crippen LogP) is 2.51. The van der Waals surface area contributed by atoms with Gasteiger partial charge in [-0.25, -0.2) is 0 Å². The van der Waals surface area contributed by atoms with Crippen LogP contribution in [0.1, 0.15) is 51.4 Å². The summed E-state index contributed by atoms with van der Waals surface area (Å²) < 4.78 is 6.27. The van der Waals surface area contributed by atoms with Crippen molar-refractivity contribution in [1.82, 2.24) is 5.32 Å². The molecule has 5 aliphatic rings. The van der Waals surface area contributed by atoms with Crippen molar-refractivity contribution in [3.05, 3.63) is 0 Å². The fourth-order valence-corrected chi connectivity index (χ4v) is 5.13. The lowest BCUT2D eigenvalue weighted by atomic mass is 9.54. The van der Waals surface area contributed by atoms with Crippen LogP contribution in [0.3, 0.4) is 0 Å². The third kappa shape index (κ3) is 3.16. The summed E-state index contributed by atoms with van der Waals surface area (Å²) in [5.74, 6) is 2.77. The van der Waals surface area contributed by atoms with E-state index in [4.69, 9.17) is 4.74 Å². The Morgan fingerprint density at radius 2 is 1.60 bits per heavy atom. The monoisotopic (exact) mass is 301 g/mol. The fourth-order valence-electron chi connectivity index (χ4n) is 5.13. The van der Waals surface area contributed by atoms with E-state index in [0.29, 0.717) is 19.2 Å². The Morgan fingerprint density at radius 3 is 2.10 bits per heavy atom. The second-order valence-corrected chi connectivity index (χ2v) is 7.75. The van der Waals surface area contributed by atoms with Crippen LogP contribution in [0.5, 0.6) is 0 Å². The standard InChI is InChI=1S/C16H27NO2.ClH/c18-15(9-17-14-1-2-14)10-19-16-6-11-3-12(7-16)5-13(4-11)8-16;/h11-15,17-18H,1-10H2;1H. The van der Waals surface area contributed by atoms with Crippen LogP contribution in [0.4, 0.5) is 0 Å².